The first-order valence-corrected chi connectivity index (χ1v) is 3.20. The van der Waals surface area contributed by atoms with Gasteiger partial charge in [-0.3, -0.25) is 0 Å². The predicted octanol–water partition coefficient (Wildman–Crippen LogP) is -0.251. The Labute approximate surface area is 61.8 Å². The van der Waals surface area contributed by atoms with Crippen molar-refractivity contribution in [2.75, 3.05) is 5.73 Å². The topological polar surface area (TPSA) is 108 Å². The maximum Gasteiger partial charge on any atom is 0.309 e. The van der Waals surface area contributed by atoms with Crippen LogP contribution in [0.3, 0.4) is 0 Å². The van der Waals surface area contributed by atoms with Gasteiger partial charge in [0.2, 0.25) is 0 Å². The number of hydrogen-bond acceptors (Lipinski definition) is 4. The molecule has 1 heterocycles. The number of anilines is 1. The highest BCUT2D eigenvalue weighted by atomic mass is 32.1. The lowest BCUT2D eigenvalue weighted by Gasteiger charge is -1.67. The number of carbonyl (C=O) groups excluding carboxylic acids is 1. The Morgan fingerprint density at radius 1 is 1.60 bits per heavy atom. The third-order valence-electron chi connectivity index (χ3n) is 0.451. The van der Waals surface area contributed by atoms with E-state index in [1.807, 2.05) is 5.38 Å². The second kappa shape index (κ2) is 4.57. The number of thiazole rings is 1. The molecule has 0 saturated heterocycles. The predicted molar refractivity (Wildman–Crippen MR) is 40.3 cm³/mol. The average molecular weight is 160 g/mol. The van der Waals surface area contributed by atoms with E-state index < -0.39 is 6.03 Å². The number of amides is 2. The monoisotopic (exact) mass is 160 g/mol. The van der Waals surface area contributed by atoms with Gasteiger partial charge in [-0.1, -0.05) is 0 Å². The number of carbonyl (C=O) groups is 1. The van der Waals surface area contributed by atoms with Gasteiger partial charge in [-0.2, -0.15) is 0 Å². The minimum atomic E-state index is -0.833. The zero-order chi connectivity index (χ0) is 7.98. The molecule has 1 rings (SSSR count). The molecule has 0 spiro atoms. The highest BCUT2D eigenvalue weighted by Gasteiger charge is 1.76. The van der Waals surface area contributed by atoms with Gasteiger partial charge >= 0.3 is 6.03 Å². The van der Waals surface area contributed by atoms with Crippen molar-refractivity contribution < 1.29 is 4.79 Å². The van der Waals surface area contributed by atoms with Crippen LogP contribution in [0.4, 0.5) is 9.93 Å². The van der Waals surface area contributed by atoms with Crippen LogP contribution in [0.2, 0.25) is 0 Å². The van der Waals surface area contributed by atoms with Crippen molar-refractivity contribution in [3.63, 3.8) is 0 Å². The summed E-state index contributed by atoms with van der Waals surface area (Å²) >= 11 is 1.44. The van der Waals surface area contributed by atoms with Crippen molar-refractivity contribution >= 4 is 22.5 Å². The molecule has 0 radical (unpaired) electrons. The lowest BCUT2D eigenvalue weighted by molar-refractivity contribution is 0.256. The molecule has 0 aliphatic heterocycles. The van der Waals surface area contributed by atoms with Crippen LogP contribution >= 0.6 is 11.3 Å². The number of nitrogens with two attached hydrogens (primary N) is 3. The summed E-state index contributed by atoms with van der Waals surface area (Å²) in [5, 5.41) is 2.48. The van der Waals surface area contributed by atoms with Gasteiger partial charge in [-0.05, 0) is 0 Å². The van der Waals surface area contributed by atoms with Crippen LogP contribution in [0.15, 0.2) is 11.6 Å². The summed E-state index contributed by atoms with van der Waals surface area (Å²) in [6, 6.07) is -0.833. The van der Waals surface area contributed by atoms with E-state index >= 15 is 0 Å². The molecule has 5 nitrogen and oxygen atoms in total. The Bertz CT molecular complexity index is 181. The smallest absolute Gasteiger partial charge is 0.309 e. The fraction of sp³-hybridized carbons (Fsp3) is 0. The molecule has 0 saturated carbocycles. The fourth-order valence-electron chi connectivity index (χ4n) is 0.234. The van der Waals surface area contributed by atoms with Gasteiger partial charge in [0.25, 0.3) is 0 Å². The Morgan fingerprint density at radius 2 is 2.10 bits per heavy atom. The number of nitrogen functional groups attached to an aromatic ring is 1. The van der Waals surface area contributed by atoms with Gasteiger partial charge in [0, 0.05) is 11.6 Å². The first-order chi connectivity index (χ1) is 4.63. The van der Waals surface area contributed by atoms with E-state index in [9.17, 15) is 0 Å². The summed E-state index contributed by atoms with van der Waals surface area (Å²) in [5.41, 5.74) is 13.7. The fourth-order valence-corrected chi connectivity index (χ4v) is 0.617. The zero-order valence-electron chi connectivity index (χ0n) is 5.15. The lowest BCUT2D eigenvalue weighted by Crippen LogP contribution is -2.18. The maximum atomic E-state index is 9.00. The van der Waals surface area contributed by atoms with Gasteiger partial charge < -0.3 is 17.2 Å². The van der Waals surface area contributed by atoms with E-state index in [2.05, 4.69) is 16.5 Å². The first-order valence-electron chi connectivity index (χ1n) is 2.33. The molecule has 56 valence electrons. The second-order valence-corrected chi connectivity index (χ2v) is 2.20. The van der Waals surface area contributed by atoms with E-state index in [0.717, 1.165) is 0 Å². The largest absolute Gasteiger partial charge is 0.375 e. The lowest BCUT2D eigenvalue weighted by atomic mass is 11.0. The standard InChI is InChI=1S/C3H4N2S.CH4N2O/c4-3-5-1-2-6-3;2-1(3)4/h1-2H,(H2,4,5);(H4,2,3,4). The van der Waals surface area contributed by atoms with E-state index in [-0.39, 0.29) is 0 Å². The maximum absolute atomic E-state index is 9.00. The van der Waals surface area contributed by atoms with Gasteiger partial charge in [0.15, 0.2) is 5.13 Å². The average Bonchev–Trinajstić information content (AvgIpc) is 2.15. The van der Waals surface area contributed by atoms with Crippen molar-refractivity contribution in [1.29, 1.82) is 0 Å². The van der Waals surface area contributed by atoms with E-state index in [1.54, 1.807) is 6.20 Å². The highest BCUT2D eigenvalue weighted by molar-refractivity contribution is 7.13. The summed E-state index contributed by atoms with van der Waals surface area (Å²) in [5.74, 6) is 0. The SMILES string of the molecule is NC(N)=O.Nc1nccs1. The Balaban J connectivity index is 0.000000180. The molecule has 0 aromatic carbocycles. The molecule has 1 aromatic rings. The molecule has 6 heteroatoms. The summed E-state index contributed by atoms with van der Waals surface area (Å²) in [6.45, 7) is 0. The van der Waals surface area contributed by atoms with Crippen LogP contribution in [-0.2, 0) is 0 Å². The Kier molecular flexibility index (Phi) is 3.97. The van der Waals surface area contributed by atoms with E-state index in [4.69, 9.17) is 10.5 Å². The van der Waals surface area contributed by atoms with Crippen molar-refractivity contribution in [1.82, 2.24) is 4.98 Å². The molecule has 1 aromatic heterocycles. The molecule has 0 aliphatic rings. The summed E-state index contributed by atoms with van der Waals surface area (Å²) in [6.07, 6.45) is 1.68. The van der Waals surface area contributed by atoms with Gasteiger partial charge in [0.05, 0.1) is 0 Å². The Morgan fingerprint density at radius 3 is 2.20 bits per heavy atom. The van der Waals surface area contributed by atoms with Gasteiger partial charge in [0.1, 0.15) is 0 Å². The number of hydrogen-bond donors (Lipinski definition) is 3. The van der Waals surface area contributed by atoms with Crippen LogP contribution in [0.25, 0.3) is 0 Å². The highest BCUT2D eigenvalue weighted by Crippen LogP contribution is 2.02. The normalized spacial score (nSPS) is 7.60. The number of urea groups is 1. The number of rotatable bonds is 0. The number of aromatic nitrogens is 1. The third-order valence-corrected chi connectivity index (χ3v) is 1.06. The molecule has 0 fully saturated rings. The molecule has 0 unspecified atom stereocenters. The number of nitrogens with zero attached hydrogens (tertiary/aromatic N) is 1. The quantitative estimate of drug-likeness (QED) is 0.486. The second-order valence-electron chi connectivity index (χ2n) is 1.27. The molecular weight excluding hydrogens is 152 g/mol. The van der Waals surface area contributed by atoms with Crippen LogP contribution < -0.4 is 17.2 Å². The minimum absolute atomic E-state index is 0.634. The summed E-state index contributed by atoms with van der Waals surface area (Å²) in [7, 11) is 0. The van der Waals surface area contributed by atoms with Crippen molar-refractivity contribution in [3.05, 3.63) is 11.6 Å². The van der Waals surface area contributed by atoms with Crippen molar-refractivity contribution in [2.24, 2.45) is 11.5 Å². The van der Waals surface area contributed by atoms with Crippen molar-refractivity contribution in [3.8, 4) is 0 Å². The molecule has 2 amide bonds. The minimum Gasteiger partial charge on any atom is -0.375 e. The molecule has 6 N–H and O–H groups in total. The van der Waals surface area contributed by atoms with E-state index in [0.29, 0.717) is 5.13 Å². The zero-order valence-corrected chi connectivity index (χ0v) is 5.97. The summed E-state index contributed by atoms with van der Waals surface area (Å²) < 4.78 is 0. The first kappa shape index (κ1) is 8.70. The summed E-state index contributed by atoms with van der Waals surface area (Å²) in [4.78, 5) is 12.7. The van der Waals surface area contributed by atoms with Crippen LogP contribution in [0, 0.1) is 0 Å². The van der Waals surface area contributed by atoms with Gasteiger partial charge in [-0.25, -0.2) is 9.78 Å². The van der Waals surface area contributed by atoms with Crippen LogP contribution in [0.1, 0.15) is 0 Å². The Hall–Kier alpha value is -1.30. The van der Waals surface area contributed by atoms with Crippen LogP contribution in [-0.4, -0.2) is 11.0 Å². The molecule has 0 bridgehead atoms. The van der Waals surface area contributed by atoms with Crippen molar-refractivity contribution in [2.45, 2.75) is 0 Å². The van der Waals surface area contributed by atoms with Gasteiger partial charge in [-0.15, -0.1) is 11.3 Å². The van der Waals surface area contributed by atoms with Crippen LogP contribution in [0.5, 0.6) is 0 Å². The number of primary amides is 2. The third kappa shape index (κ3) is 6.70. The molecule has 0 aliphatic carbocycles. The molecule has 10 heavy (non-hydrogen) atoms. The molecule has 0 atom stereocenters. The molecular formula is C4H8N4OS. The van der Waals surface area contributed by atoms with E-state index in [1.165, 1.54) is 11.3 Å².